The maximum Gasteiger partial charge on any atom is 0.419 e. The maximum absolute atomic E-state index is 12.3. The van der Waals surface area contributed by atoms with Crippen LogP contribution in [0.15, 0.2) is 12.4 Å². The Hall–Kier alpha value is -1.37. The Morgan fingerprint density at radius 1 is 1.35 bits per heavy atom. The van der Waals surface area contributed by atoms with Crippen molar-refractivity contribution in [1.82, 2.24) is 15.3 Å². The van der Waals surface area contributed by atoms with Crippen LogP contribution in [0.1, 0.15) is 12.5 Å². The highest BCUT2D eigenvalue weighted by atomic mass is 19.4. The molecule has 4 nitrogen and oxygen atoms in total. The second-order valence-electron chi connectivity index (χ2n) is 4.02. The lowest BCUT2D eigenvalue weighted by molar-refractivity contribution is -0.138. The lowest BCUT2D eigenvalue weighted by Gasteiger charge is -2.33. The van der Waals surface area contributed by atoms with Crippen LogP contribution in [-0.4, -0.2) is 35.6 Å². The second kappa shape index (κ2) is 4.48. The van der Waals surface area contributed by atoms with E-state index >= 15 is 0 Å². The van der Waals surface area contributed by atoms with Crippen LogP contribution in [0.4, 0.5) is 19.1 Å². The molecule has 1 aromatic rings. The third-order valence-corrected chi connectivity index (χ3v) is 2.72. The highest BCUT2D eigenvalue weighted by Gasteiger charge is 2.32. The SMILES string of the molecule is C[C@@H]1CNCCN1c1ncc(C(F)(F)F)cn1. The number of alkyl halides is 3. The largest absolute Gasteiger partial charge is 0.419 e. The third-order valence-electron chi connectivity index (χ3n) is 2.72. The van der Waals surface area contributed by atoms with Gasteiger partial charge in [-0.1, -0.05) is 0 Å². The molecule has 0 aromatic carbocycles. The summed E-state index contributed by atoms with van der Waals surface area (Å²) in [6.45, 7) is 4.25. The van der Waals surface area contributed by atoms with Crippen molar-refractivity contribution in [3.8, 4) is 0 Å². The summed E-state index contributed by atoms with van der Waals surface area (Å²) in [5, 5.41) is 3.19. The van der Waals surface area contributed by atoms with Crippen LogP contribution in [0.25, 0.3) is 0 Å². The van der Waals surface area contributed by atoms with E-state index in [1.54, 1.807) is 0 Å². The summed E-state index contributed by atoms with van der Waals surface area (Å²) in [7, 11) is 0. The molecular weight excluding hydrogens is 233 g/mol. The standard InChI is InChI=1S/C10H13F3N4/c1-7-4-14-2-3-17(7)9-15-5-8(6-16-9)10(11,12)13/h5-7,14H,2-4H2,1H3/t7-/m1/s1. The predicted octanol–water partition coefficient (Wildman–Crippen LogP) is 1.29. The molecule has 0 spiro atoms. The van der Waals surface area contributed by atoms with E-state index in [2.05, 4.69) is 15.3 Å². The van der Waals surface area contributed by atoms with Crippen molar-refractivity contribution >= 4 is 5.95 Å². The van der Waals surface area contributed by atoms with Crippen molar-refractivity contribution in [3.63, 3.8) is 0 Å². The second-order valence-corrected chi connectivity index (χ2v) is 4.02. The van der Waals surface area contributed by atoms with E-state index in [-0.39, 0.29) is 6.04 Å². The maximum atomic E-state index is 12.3. The molecule has 1 aliphatic heterocycles. The molecule has 0 amide bonds. The monoisotopic (exact) mass is 246 g/mol. The fraction of sp³-hybridized carbons (Fsp3) is 0.600. The van der Waals surface area contributed by atoms with Gasteiger partial charge in [-0.15, -0.1) is 0 Å². The summed E-state index contributed by atoms with van der Waals surface area (Å²) < 4.78 is 37.0. The number of hydrogen-bond acceptors (Lipinski definition) is 4. The Kier molecular flexibility index (Phi) is 3.19. The first-order valence-electron chi connectivity index (χ1n) is 5.35. The van der Waals surface area contributed by atoms with E-state index in [0.29, 0.717) is 12.5 Å². The van der Waals surface area contributed by atoms with Crippen LogP contribution in [0.3, 0.4) is 0 Å². The van der Waals surface area contributed by atoms with Gasteiger partial charge >= 0.3 is 6.18 Å². The van der Waals surface area contributed by atoms with Gasteiger partial charge in [0.15, 0.2) is 0 Å². The number of anilines is 1. The molecule has 1 aliphatic rings. The van der Waals surface area contributed by atoms with Crippen LogP contribution in [-0.2, 0) is 6.18 Å². The van der Waals surface area contributed by atoms with Gasteiger partial charge in [0, 0.05) is 38.1 Å². The minimum Gasteiger partial charge on any atom is -0.336 e. The molecule has 1 fully saturated rings. The molecule has 17 heavy (non-hydrogen) atoms. The number of piperazine rings is 1. The molecule has 1 aromatic heterocycles. The fourth-order valence-electron chi connectivity index (χ4n) is 1.75. The number of nitrogens with one attached hydrogen (secondary N) is 1. The zero-order valence-electron chi connectivity index (χ0n) is 9.33. The van der Waals surface area contributed by atoms with Crippen molar-refractivity contribution in [2.75, 3.05) is 24.5 Å². The topological polar surface area (TPSA) is 41.0 Å². The van der Waals surface area contributed by atoms with Crippen LogP contribution >= 0.6 is 0 Å². The normalized spacial score (nSPS) is 21.6. The number of rotatable bonds is 1. The predicted molar refractivity (Wildman–Crippen MR) is 56.7 cm³/mol. The summed E-state index contributed by atoms with van der Waals surface area (Å²) in [6.07, 6.45) is -2.72. The van der Waals surface area contributed by atoms with Crippen molar-refractivity contribution in [1.29, 1.82) is 0 Å². The summed E-state index contributed by atoms with van der Waals surface area (Å²) in [6, 6.07) is 0.181. The van der Waals surface area contributed by atoms with Gasteiger partial charge in [-0.3, -0.25) is 0 Å². The van der Waals surface area contributed by atoms with E-state index in [1.165, 1.54) is 0 Å². The summed E-state index contributed by atoms with van der Waals surface area (Å²) in [4.78, 5) is 9.47. The van der Waals surface area contributed by atoms with E-state index in [4.69, 9.17) is 0 Å². The van der Waals surface area contributed by atoms with Crippen LogP contribution in [0, 0.1) is 0 Å². The lowest BCUT2D eigenvalue weighted by Crippen LogP contribution is -2.50. The van der Waals surface area contributed by atoms with Gasteiger partial charge in [0.05, 0.1) is 5.56 Å². The molecule has 0 bridgehead atoms. The first kappa shape index (κ1) is 12.1. The third kappa shape index (κ3) is 2.66. The van der Waals surface area contributed by atoms with Gasteiger partial charge in [0.1, 0.15) is 0 Å². The quantitative estimate of drug-likeness (QED) is 0.810. The Morgan fingerprint density at radius 3 is 2.53 bits per heavy atom. The lowest BCUT2D eigenvalue weighted by atomic mass is 10.2. The molecule has 2 rings (SSSR count). The molecule has 7 heteroatoms. The van der Waals surface area contributed by atoms with Crippen LogP contribution < -0.4 is 10.2 Å². The van der Waals surface area contributed by atoms with Crippen molar-refractivity contribution in [2.24, 2.45) is 0 Å². The molecule has 1 atom stereocenters. The molecule has 2 heterocycles. The molecule has 0 radical (unpaired) electrons. The Morgan fingerprint density at radius 2 is 2.00 bits per heavy atom. The van der Waals surface area contributed by atoms with Crippen LogP contribution in [0.2, 0.25) is 0 Å². The molecule has 1 N–H and O–H groups in total. The van der Waals surface area contributed by atoms with Gasteiger partial charge in [0.2, 0.25) is 5.95 Å². The molecule has 94 valence electrons. The smallest absolute Gasteiger partial charge is 0.336 e. The number of nitrogens with zero attached hydrogens (tertiary/aromatic N) is 3. The van der Waals surface area contributed by atoms with Gasteiger partial charge in [0.25, 0.3) is 0 Å². The average molecular weight is 246 g/mol. The Balaban J connectivity index is 2.17. The number of halogens is 3. The highest BCUT2D eigenvalue weighted by Crippen LogP contribution is 2.28. The number of aromatic nitrogens is 2. The molecule has 0 saturated carbocycles. The molecule has 0 aliphatic carbocycles. The highest BCUT2D eigenvalue weighted by molar-refractivity contribution is 5.33. The first-order valence-corrected chi connectivity index (χ1v) is 5.35. The van der Waals surface area contributed by atoms with E-state index in [0.717, 1.165) is 25.5 Å². The van der Waals surface area contributed by atoms with Crippen molar-refractivity contribution < 1.29 is 13.2 Å². The number of hydrogen-bond donors (Lipinski definition) is 1. The fourth-order valence-corrected chi connectivity index (χ4v) is 1.75. The zero-order chi connectivity index (χ0) is 12.5. The van der Waals surface area contributed by atoms with Crippen LogP contribution in [0.5, 0.6) is 0 Å². The van der Waals surface area contributed by atoms with Crippen molar-refractivity contribution in [3.05, 3.63) is 18.0 Å². The van der Waals surface area contributed by atoms with E-state index in [1.807, 2.05) is 11.8 Å². The molecule has 0 unspecified atom stereocenters. The first-order chi connectivity index (χ1) is 7.98. The Labute approximate surface area is 96.9 Å². The van der Waals surface area contributed by atoms with E-state index in [9.17, 15) is 13.2 Å². The summed E-state index contributed by atoms with van der Waals surface area (Å²) >= 11 is 0. The van der Waals surface area contributed by atoms with Crippen molar-refractivity contribution in [2.45, 2.75) is 19.1 Å². The average Bonchev–Trinajstić information content (AvgIpc) is 2.29. The summed E-state index contributed by atoms with van der Waals surface area (Å²) in [5.41, 5.74) is -0.816. The Bertz CT molecular complexity index is 376. The summed E-state index contributed by atoms with van der Waals surface area (Å²) in [5.74, 6) is 0.354. The minimum atomic E-state index is -4.38. The van der Waals surface area contributed by atoms with Gasteiger partial charge in [-0.25, -0.2) is 9.97 Å². The van der Waals surface area contributed by atoms with Gasteiger partial charge < -0.3 is 10.2 Å². The molecule has 1 saturated heterocycles. The minimum absolute atomic E-state index is 0.181. The van der Waals surface area contributed by atoms with E-state index < -0.39 is 11.7 Å². The van der Waals surface area contributed by atoms with Gasteiger partial charge in [-0.05, 0) is 6.92 Å². The van der Waals surface area contributed by atoms with Gasteiger partial charge in [-0.2, -0.15) is 13.2 Å². The molecular formula is C10H13F3N4. The zero-order valence-corrected chi connectivity index (χ0v) is 9.33.